The van der Waals surface area contributed by atoms with Gasteiger partial charge in [0.05, 0.1) is 6.04 Å². The van der Waals surface area contributed by atoms with Gasteiger partial charge < -0.3 is 20.1 Å². The lowest BCUT2D eigenvalue weighted by atomic mass is 9.95. The average Bonchev–Trinajstić information content (AvgIpc) is 3.39. The van der Waals surface area contributed by atoms with E-state index in [0.29, 0.717) is 17.1 Å². The van der Waals surface area contributed by atoms with E-state index in [1.165, 1.54) is 6.07 Å². The number of carbonyl (C=O) groups is 1. The fraction of sp³-hybridized carbons (Fsp3) is 0.524. The number of hydrogen-bond acceptors (Lipinski definition) is 5. The highest BCUT2D eigenvalue weighted by Gasteiger charge is 2.47. The van der Waals surface area contributed by atoms with Crippen molar-refractivity contribution in [1.29, 1.82) is 0 Å². The molecule has 0 bridgehead atoms. The number of amides is 1. The Labute approximate surface area is 176 Å². The second kappa shape index (κ2) is 7.65. The molecule has 7 nitrogen and oxygen atoms in total. The van der Waals surface area contributed by atoms with Crippen molar-refractivity contribution in [2.24, 2.45) is 0 Å². The zero-order chi connectivity index (χ0) is 21.6. The van der Waals surface area contributed by atoms with Crippen LogP contribution in [0.1, 0.15) is 66.7 Å². The summed E-state index contributed by atoms with van der Waals surface area (Å²) in [7, 11) is 0. The highest BCUT2D eigenvalue weighted by atomic mass is 19.4. The van der Waals surface area contributed by atoms with Crippen molar-refractivity contribution in [2.45, 2.75) is 62.8 Å². The van der Waals surface area contributed by atoms with Gasteiger partial charge >= 0.3 is 6.18 Å². The Morgan fingerprint density at radius 3 is 2.68 bits per heavy atom. The maximum Gasteiger partial charge on any atom is 0.410 e. The van der Waals surface area contributed by atoms with E-state index in [4.69, 9.17) is 9.47 Å². The molecule has 3 aliphatic rings. The third kappa shape index (κ3) is 3.90. The van der Waals surface area contributed by atoms with Crippen LogP contribution < -0.4 is 20.1 Å². The van der Waals surface area contributed by atoms with Crippen molar-refractivity contribution >= 4 is 11.7 Å². The van der Waals surface area contributed by atoms with Crippen molar-refractivity contribution in [2.75, 3.05) is 12.1 Å². The summed E-state index contributed by atoms with van der Waals surface area (Å²) in [5, 5.41) is 10.1. The number of benzene rings is 1. The quantitative estimate of drug-likeness (QED) is 0.749. The summed E-state index contributed by atoms with van der Waals surface area (Å²) < 4.78 is 53.2. The number of ether oxygens (including phenoxy) is 2. The lowest BCUT2D eigenvalue weighted by Crippen LogP contribution is -2.37. The first-order valence-electron chi connectivity index (χ1n) is 10.5. The Hall–Kier alpha value is -2.91. The molecule has 166 valence electrons. The summed E-state index contributed by atoms with van der Waals surface area (Å²) in [5.41, 5.74) is 0.646. The third-order valence-corrected chi connectivity index (χ3v) is 6.16. The Bertz CT molecular complexity index is 985. The van der Waals surface area contributed by atoms with E-state index < -0.39 is 24.2 Å². The first-order valence-corrected chi connectivity index (χ1v) is 10.5. The van der Waals surface area contributed by atoms with Crippen LogP contribution in [0.15, 0.2) is 24.3 Å². The maximum atomic E-state index is 13.9. The van der Waals surface area contributed by atoms with Gasteiger partial charge in [-0.05, 0) is 30.5 Å². The number of anilines is 1. The molecule has 1 amide bonds. The minimum absolute atomic E-state index is 0.00587. The number of hydrogen-bond donors (Lipinski definition) is 2. The SMILES string of the molecule is O=C(NC1CCCCC1)c1cc2n(n1)[C@@H](C(F)(F)F)C[C@@H](c1ccc3c(c1)OCO3)N2. The normalized spacial score (nSPS) is 23.2. The van der Waals surface area contributed by atoms with E-state index in [1.54, 1.807) is 18.2 Å². The number of nitrogens with zero attached hydrogens (tertiary/aromatic N) is 2. The Morgan fingerprint density at radius 1 is 1.13 bits per heavy atom. The van der Waals surface area contributed by atoms with Crippen LogP contribution in [0.3, 0.4) is 0 Å². The highest BCUT2D eigenvalue weighted by Crippen LogP contribution is 2.45. The second-order valence-electron chi connectivity index (χ2n) is 8.27. The van der Waals surface area contributed by atoms with Crippen LogP contribution in [0.25, 0.3) is 0 Å². The van der Waals surface area contributed by atoms with E-state index in [1.807, 2.05) is 0 Å². The van der Waals surface area contributed by atoms with Crippen LogP contribution in [0, 0.1) is 0 Å². The van der Waals surface area contributed by atoms with Crippen molar-refractivity contribution in [3.63, 3.8) is 0 Å². The molecular weight excluding hydrogens is 413 g/mol. The maximum absolute atomic E-state index is 13.9. The smallest absolute Gasteiger partial charge is 0.410 e. The Balaban J connectivity index is 1.41. The molecule has 1 fully saturated rings. The summed E-state index contributed by atoms with van der Waals surface area (Å²) in [4.78, 5) is 12.6. The molecule has 0 saturated heterocycles. The van der Waals surface area contributed by atoms with Crippen LogP contribution >= 0.6 is 0 Å². The van der Waals surface area contributed by atoms with Gasteiger partial charge in [0.2, 0.25) is 6.79 Å². The van der Waals surface area contributed by atoms with Gasteiger partial charge in [-0.3, -0.25) is 4.79 Å². The van der Waals surface area contributed by atoms with Crippen molar-refractivity contribution in [1.82, 2.24) is 15.1 Å². The predicted octanol–water partition coefficient (Wildman–Crippen LogP) is 4.33. The van der Waals surface area contributed by atoms with Gasteiger partial charge in [-0.25, -0.2) is 4.68 Å². The average molecular weight is 436 g/mol. The van der Waals surface area contributed by atoms with Crippen molar-refractivity contribution < 1.29 is 27.4 Å². The van der Waals surface area contributed by atoms with Crippen molar-refractivity contribution in [3.05, 3.63) is 35.5 Å². The summed E-state index contributed by atoms with van der Waals surface area (Å²) in [6, 6.07) is 4.10. The topological polar surface area (TPSA) is 77.4 Å². The molecule has 1 aliphatic carbocycles. The number of fused-ring (bicyclic) bond motifs is 2. The molecule has 31 heavy (non-hydrogen) atoms. The molecule has 10 heteroatoms. The van der Waals surface area contributed by atoms with E-state index in [9.17, 15) is 18.0 Å². The lowest BCUT2D eigenvalue weighted by molar-refractivity contribution is -0.173. The number of nitrogens with one attached hydrogen (secondary N) is 2. The molecule has 0 spiro atoms. The molecule has 2 atom stereocenters. The first kappa shape index (κ1) is 20.0. The molecule has 0 radical (unpaired) electrons. The molecule has 5 rings (SSSR count). The van der Waals surface area contributed by atoms with Gasteiger partial charge in [0.1, 0.15) is 5.82 Å². The number of carbonyl (C=O) groups excluding carboxylic acids is 1. The number of alkyl halides is 3. The highest BCUT2D eigenvalue weighted by molar-refractivity contribution is 5.93. The molecule has 2 N–H and O–H groups in total. The molecule has 2 aromatic rings. The fourth-order valence-electron chi connectivity index (χ4n) is 4.54. The third-order valence-electron chi connectivity index (χ3n) is 6.16. The zero-order valence-electron chi connectivity index (χ0n) is 16.7. The lowest BCUT2D eigenvalue weighted by Gasteiger charge is -2.33. The minimum atomic E-state index is -4.51. The second-order valence-corrected chi connectivity index (χ2v) is 8.27. The van der Waals surface area contributed by atoms with Gasteiger partial charge in [0.25, 0.3) is 5.91 Å². The van der Waals surface area contributed by atoms with Crippen LogP contribution in [-0.4, -0.2) is 34.7 Å². The zero-order valence-corrected chi connectivity index (χ0v) is 16.7. The monoisotopic (exact) mass is 436 g/mol. The minimum Gasteiger partial charge on any atom is -0.454 e. The number of halogens is 3. The largest absolute Gasteiger partial charge is 0.454 e. The first-order chi connectivity index (χ1) is 14.9. The molecule has 2 aliphatic heterocycles. The molecule has 1 aromatic heterocycles. The molecule has 3 heterocycles. The van der Waals surface area contributed by atoms with Crippen LogP contribution in [0.4, 0.5) is 19.0 Å². The van der Waals surface area contributed by atoms with E-state index in [0.717, 1.165) is 36.8 Å². The Kier molecular flexibility index (Phi) is 4.94. The van der Waals surface area contributed by atoms with Crippen LogP contribution in [0.2, 0.25) is 0 Å². The molecule has 0 unspecified atom stereocenters. The summed E-state index contributed by atoms with van der Waals surface area (Å²) in [6.07, 6.45) is 0.239. The van der Waals surface area contributed by atoms with Gasteiger partial charge in [-0.2, -0.15) is 18.3 Å². The predicted molar refractivity (Wildman–Crippen MR) is 105 cm³/mol. The number of aromatic nitrogens is 2. The Morgan fingerprint density at radius 2 is 1.90 bits per heavy atom. The van der Waals surface area contributed by atoms with E-state index >= 15 is 0 Å². The number of rotatable bonds is 3. The van der Waals surface area contributed by atoms with Gasteiger partial charge in [-0.1, -0.05) is 25.3 Å². The molecular formula is C21H23F3N4O3. The molecule has 1 aromatic carbocycles. The van der Waals surface area contributed by atoms with E-state index in [-0.39, 0.29) is 30.8 Å². The molecule has 1 saturated carbocycles. The van der Waals surface area contributed by atoms with E-state index in [2.05, 4.69) is 15.7 Å². The van der Waals surface area contributed by atoms with Gasteiger partial charge in [0.15, 0.2) is 23.2 Å². The van der Waals surface area contributed by atoms with Crippen LogP contribution in [-0.2, 0) is 0 Å². The summed E-state index contributed by atoms with van der Waals surface area (Å²) >= 11 is 0. The summed E-state index contributed by atoms with van der Waals surface area (Å²) in [6.45, 7) is 0.0916. The summed E-state index contributed by atoms with van der Waals surface area (Å²) in [5.74, 6) is 0.814. The van der Waals surface area contributed by atoms with Crippen LogP contribution in [0.5, 0.6) is 11.5 Å². The fourth-order valence-corrected chi connectivity index (χ4v) is 4.54. The van der Waals surface area contributed by atoms with Gasteiger partial charge in [-0.15, -0.1) is 0 Å². The van der Waals surface area contributed by atoms with Crippen molar-refractivity contribution in [3.8, 4) is 11.5 Å². The standard InChI is InChI=1S/C21H23F3N4O3/c22-21(23,24)18-9-14(12-6-7-16-17(8-12)31-11-30-16)26-19-10-15(27-28(18)19)20(29)25-13-4-2-1-3-5-13/h6-8,10,13-14,18,26H,1-5,9,11H2,(H,25,29)/t14-,18+/m0/s1. The van der Waals surface area contributed by atoms with Gasteiger partial charge in [0, 0.05) is 18.5 Å².